The fourth-order valence-electron chi connectivity index (χ4n) is 2.41. The second kappa shape index (κ2) is 8.14. The molecular formula is C19H21NO5S. The van der Waals surface area contributed by atoms with Crippen molar-refractivity contribution in [2.75, 3.05) is 11.0 Å². The van der Waals surface area contributed by atoms with Crippen molar-refractivity contribution >= 4 is 27.5 Å². The molecule has 0 amide bonds. The number of benzene rings is 2. The Morgan fingerprint density at radius 3 is 2.27 bits per heavy atom. The molecule has 1 N–H and O–H groups in total. The molecule has 0 spiro atoms. The van der Waals surface area contributed by atoms with Crippen molar-refractivity contribution in [3.63, 3.8) is 0 Å². The van der Waals surface area contributed by atoms with Gasteiger partial charge in [-0.2, -0.15) is 0 Å². The van der Waals surface area contributed by atoms with Gasteiger partial charge in [0, 0.05) is 11.3 Å². The highest BCUT2D eigenvalue weighted by molar-refractivity contribution is 7.92. The lowest BCUT2D eigenvalue weighted by Gasteiger charge is -2.13. The number of aryl methyl sites for hydroxylation is 1. The van der Waals surface area contributed by atoms with Crippen LogP contribution in [0.15, 0.2) is 48.5 Å². The van der Waals surface area contributed by atoms with Crippen LogP contribution in [0.25, 0.3) is 0 Å². The first-order chi connectivity index (χ1) is 12.2. The molecule has 138 valence electrons. The van der Waals surface area contributed by atoms with Crippen LogP contribution in [-0.2, 0) is 26.0 Å². The molecule has 0 aromatic heterocycles. The van der Waals surface area contributed by atoms with E-state index in [4.69, 9.17) is 4.74 Å². The van der Waals surface area contributed by atoms with E-state index < -0.39 is 22.1 Å². The minimum Gasteiger partial charge on any atom is -0.454 e. The summed E-state index contributed by atoms with van der Waals surface area (Å²) >= 11 is 0. The maximum atomic E-state index is 12.4. The molecule has 0 aliphatic carbocycles. The van der Waals surface area contributed by atoms with E-state index in [-0.39, 0.29) is 12.2 Å². The first-order valence-electron chi connectivity index (χ1n) is 8.02. The van der Waals surface area contributed by atoms with Crippen molar-refractivity contribution < 1.29 is 22.7 Å². The van der Waals surface area contributed by atoms with Crippen LogP contribution in [0.4, 0.5) is 5.69 Å². The molecule has 6 nitrogen and oxygen atoms in total. The first-order valence-corrected chi connectivity index (χ1v) is 9.91. The van der Waals surface area contributed by atoms with Crippen LogP contribution in [0.2, 0.25) is 0 Å². The third-order valence-corrected chi connectivity index (χ3v) is 4.35. The lowest BCUT2D eigenvalue weighted by Crippen LogP contribution is -2.25. The van der Waals surface area contributed by atoms with Crippen molar-refractivity contribution in [1.29, 1.82) is 0 Å². The lowest BCUT2D eigenvalue weighted by molar-refractivity contribution is -0.145. The number of ketones is 1. The number of ether oxygens (including phenoxy) is 1. The highest BCUT2D eigenvalue weighted by atomic mass is 32.2. The number of Topliss-reactive ketones (excluding diaryl/α,β-unsaturated/α-hetero) is 1. The molecule has 7 heteroatoms. The second-order valence-corrected chi connectivity index (χ2v) is 7.80. The molecule has 0 bridgehead atoms. The van der Waals surface area contributed by atoms with Crippen molar-refractivity contribution in [3.05, 3.63) is 65.2 Å². The minimum atomic E-state index is -3.38. The Bertz CT molecular complexity index is 904. The van der Waals surface area contributed by atoms with Gasteiger partial charge in [0.15, 0.2) is 6.10 Å². The Morgan fingerprint density at radius 1 is 1.08 bits per heavy atom. The summed E-state index contributed by atoms with van der Waals surface area (Å²) in [4.78, 5) is 24.5. The molecule has 0 aliphatic rings. The van der Waals surface area contributed by atoms with Gasteiger partial charge in [-0.15, -0.1) is 0 Å². The molecule has 1 atom stereocenters. The largest absolute Gasteiger partial charge is 0.454 e. The lowest BCUT2D eigenvalue weighted by atomic mass is 10.1. The number of sulfonamides is 1. The van der Waals surface area contributed by atoms with E-state index in [1.807, 2.05) is 31.2 Å². The van der Waals surface area contributed by atoms with Gasteiger partial charge in [0.1, 0.15) is 0 Å². The molecule has 2 rings (SSSR count). The first kappa shape index (κ1) is 19.7. The van der Waals surface area contributed by atoms with Crippen molar-refractivity contribution in [2.24, 2.45) is 0 Å². The zero-order chi connectivity index (χ0) is 19.3. The van der Waals surface area contributed by atoms with Gasteiger partial charge < -0.3 is 4.74 Å². The quantitative estimate of drug-likeness (QED) is 0.594. The number of rotatable bonds is 7. The fourth-order valence-corrected chi connectivity index (χ4v) is 2.97. The third kappa shape index (κ3) is 5.70. The van der Waals surface area contributed by atoms with Gasteiger partial charge in [0.25, 0.3) is 0 Å². The molecule has 0 fully saturated rings. The summed E-state index contributed by atoms with van der Waals surface area (Å²) in [6.45, 7) is 3.42. The van der Waals surface area contributed by atoms with Gasteiger partial charge in [-0.1, -0.05) is 24.3 Å². The molecule has 0 aliphatic heterocycles. The highest BCUT2D eigenvalue weighted by Gasteiger charge is 2.20. The Hall–Kier alpha value is -2.67. The number of nitrogens with one attached hydrogen (secondary N) is 1. The number of carbonyl (C=O) groups is 2. The van der Waals surface area contributed by atoms with E-state index >= 15 is 0 Å². The summed E-state index contributed by atoms with van der Waals surface area (Å²) in [5, 5.41) is 0. The van der Waals surface area contributed by atoms with Crippen molar-refractivity contribution in [3.8, 4) is 0 Å². The summed E-state index contributed by atoms with van der Waals surface area (Å²) in [5.41, 5.74) is 2.53. The second-order valence-electron chi connectivity index (χ2n) is 6.05. The van der Waals surface area contributed by atoms with Crippen LogP contribution >= 0.6 is 0 Å². The summed E-state index contributed by atoms with van der Waals surface area (Å²) < 4.78 is 29.9. The van der Waals surface area contributed by atoms with Gasteiger partial charge in [0.05, 0.1) is 12.7 Å². The summed E-state index contributed by atoms with van der Waals surface area (Å²) in [6, 6.07) is 13.4. The zero-order valence-corrected chi connectivity index (χ0v) is 15.7. The molecule has 2 aromatic carbocycles. The van der Waals surface area contributed by atoms with Crippen LogP contribution in [-0.4, -0.2) is 32.5 Å². The Morgan fingerprint density at radius 2 is 1.69 bits per heavy atom. The van der Waals surface area contributed by atoms with E-state index in [1.165, 1.54) is 31.2 Å². The van der Waals surface area contributed by atoms with E-state index in [0.717, 1.165) is 17.4 Å². The zero-order valence-electron chi connectivity index (χ0n) is 14.9. The van der Waals surface area contributed by atoms with E-state index in [1.54, 1.807) is 0 Å². The van der Waals surface area contributed by atoms with Crippen LogP contribution in [0.5, 0.6) is 0 Å². The van der Waals surface area contributed by atoms with Crippen molar-refractivity contribution in [2.45, 2.75) is 26.4 Å². The fraction of sp³-hybridized carbons (Fsp3) is 0.263. The molecular weight excluding hydrogens is 354 g/mol. The summed E-state index contributed by atoms with van der Waals surface area (Å²) in [7, 11) is -3.38. The van der Waals surface area contributed by atoms with Crippen LogP contribution in [0.3, 0.4) is 0 Å². The number of carbonyl (C=O) groups excluding carboxylic acids is 2. The SMILES string of the molecule is Cc1ccccc1CC(=O)O[C@H](C)C(=O)c1ccc(NS(C)(=O)=O)cc1. The number of anilines is 1. The minimum absolute atomic E-state index is 0.0987. The maximum absolute atomic E-state index is 12.4. The van der Waals surface area contributed by atoms with Crippen LogP contribution in [0, 0.1) is 6.92 Å². The Balaban J connectivity index is 1.98. The molecule has 26 heavy (non-hydrogen) atoms. The molecule has 0 saturated heterocycles. The van der Waals surface area contributed by atoms with Crippen LogP contribution in [0.1, 0.15) is 28.4 Å². The predicted octanol–water partition coefficient (Wildman–Crippen LogP) is 2.72. The van der Waals surface area contributed by atoms with Crippen molar-refractivity contribution in [1.82, 2.24) is 0 Å². The summed E-state index contributed by atoms with van der Waals surface area (Å²) in [6.07, 6.45) is 0.212. The van der Waals surface area contributed by atoms with Gasteiger partial charge in [-0.25, -0.2) is 8.42 Å². The monoisotopic (exact) mass is 375 g/mol. The normalized spacial score (nSPS) is 12.3. The maximum Gasteiger partial charge on any atom is 0.310 e. The molecule has 0 unspecified atom stereocenters. The van der Waals surface area contributed by atoms with E-state index in [0.29, 0.717) is 11.3 Å². The topological polar surface area (TPSA) is 89.5 Å². The van der Waals surface area contributed by atoms with Gasteiger partial charge in [-0.05, 0) is 49.2 Å². The highest BCUT2D eigenvalue weighted by Crippen LogP contribution is 2.14. The number of hydrogen-bond acceptors (Lipinski definition) is 5. The van der Waals surface area contributed by atoms with Crippen LogP contribution < -0.4 is 4.72 Å². The Labute approximate surface area is 153 Å². The molecule has 0 heterocycles. The smallest absolute Gasteiger partial charge is 0.310 e. The molecule has 0 radical (unpaired) electrons. The standard InChI is InChI=1S/C19H21NO5S/c1-13-6-4-5-7-16(13)12-18(21)25-14(2)19(22)15-8-10-17(11-9-15)20-26(3,23)24/h4-11,14,20H,12H2,1-3H3/t14-/m1/s1. The predicted molar refractivity (Wildman–Crippen MR) is 99.7 cm³/mol. The van der Waals surface area contributed by atoms with Gasteiger partial charge in [0.2, 0.25) is 15.8 Å². The average molecular weight is 375 g/mol. The Kier molecular flexibility index (Phi) is 6.15. The molecule has 0 saturated carbocycles. The number of hydrogen-bond donors (Lipinski definition) is 1. The average Bonchev–Trinajstić information content (AvgIpc) is 2.55. The number of esters is 1. The van der Waals surface area contributed by atoms with Gasteiger partial charge >= 0.3 is 5.97 Å². The molecule has 2 aromatic rings. The summed E-state index contributed by atoms with van der Waals surface area (Å²) in [5.74, 6) is -0.829. The van der Waals surface area contributed by atoms with E-state index in [9.17, 15) is 18.0 Å². The third-order valence-electron chi connectivity index (χ3n) is 3.75. The van der Waals surface area contributed by atoms with E-state index in [2.05, 4.69) is 4.72 Å². The van der Waals surface area contributed by atoms with Gasteiger partial charge in [-0.3, -0.25) is 14.3 Å².